The van der Waals surface area contributed by atoms with Crippen molar-refractivity contribution in [3.8, 4) is 11.5 Å². The number of sulfonamides is 1. The van der Waals surface area contributed by atoms with Crippen LogP contribution in [0.5, 0.6) is 11.5 Å². The van der Waals surface area contributed by atoms with Crippen LogP contribution in [0.1, 0.15) is 0 Å². The number of methoxy groups -OCH3 is 2. The molecule has 0 atom stereocenters. The van der Waals surface area contributed by atoms with E-state index in [1.54, 1.807) is 12.1 Å². The Hall–Kier alpha value is -2.04. The summed E-state index contributed by atoms with van der Waals surface area (Å²) in [5.41, 5.74) is 1.03. The molecule has 3 rings (SSSR count). The molecule has 0 radical (unpaired) electrons. The number of halogens is 2. The molecule has 0 aliphatic carbocycles. The Kier molecular flexibility index (Phi) is 9.80. The van der Waals surface area contributed by atoms with Gasteiger partial charge in [0.25, 0.3) is 0 Å². The van der Waals surface area contributed by atoms with Gasteiger partial charge in [-0.05, 0) is 0 Å². The van der Waals surface area contributed by atoms with Crippen molar-refractivity contribution in [3.05, 3.63) is 83.7 Å². The molecule has 33 heavy (non-hydrogen) atoms. The monoisotopic (exact) mass is 595 g/mol. The van der Waals surface area contributed by atoms with E-state index < -0.39 is 10.0 Å². The predicted molar refractivity (Wildman–Crippen MR) is 134 cm³/mol. The van der Waals surface area contributed by atoms with Crippen LogP contribution in [0, 0.1) is 13.5 Å². The molecule has 0 spiro atoms. The van der Waals surface area contributed by atoms with Gasteiger partial charge in [-0.25, -0.2) is 0 Å². The second kappa shape index (κ2) is 11.9. The van der Waals surface area contributed by atoms with Crippen LogP contribution in [-0.4, -0.2) is 33.8 Å². The minimum atomic E-state index is -4.03. The largest absolute Gasteiger partial charge is 0.358 e. The van der Waals surface area contributed by atoms with Crippen molar-refractivity contribution in [2.75, 3.05) is 30.4 Å². The number of hydrogen-bond donors (Lipinski definition) is 1. The summed E-state index contributed by atoms with van der Waals surface area (Å²) < 4.78 is 40.2. The quantitative estimate of drug-likeness (QED) is 0.337. The van der Waals surface area contributed by atoms with E-state index >= 15 is 0 Å². The van der Waals surface area contributed by atoms with E-state index in [4.69, 9.17) is 21.1 Å². The zero-order chi connectivity index (χ0) is 23.3. The molecule has 0 amide bonds. The molecule has 179 valence electrons. The van der Waals surface area contributed by atoms with Crippen molar-refractivity contribution in [2.45, 2.75) is 4.90 Å². The topological polar surface area (TPSA) is 67.9 Å². The maximum atomic E-state index is 13.6. The van der Waals surface area contributed by atoms with Gasteiger partial charge in [-0.1, -0.05) is 0 Å². The van der Waals surface area contributed by atoms with Gasteiger partial charge in [0, 0.05) is 0 Å². The number of anilines is 2. The summed E-state index contributed by atoms with van der Waals surface area (Å²) in [5.74, 6) is 0.719. The van der Waals surface area contributed by atoms with Crippen molar-refractivity contribution in [3.63, 3.8) is 0 Å². The summed E-state index contributed by atoms with van der Waals surface area (Å²) >= 11 is 14.1. The third-order valence-electron chi connectivity index (χ3n) is 4.35. The van der Waals surface area contributed by atoms with Crippen LogP contribution >= 0.6 is 27.5 Å². The number of nitrogens with zero attached hydrogens (tertiary/aromatic N) is 1. The molecule has 3 aromatic carbocycles. The number of hydrogen-bond acceptors (Lipinski definition) is 5. The molecule has 0 bridgehead atoms. The molecule has 0 saturated heterocycles. The fourth-order valence-corrected chi connectivity index (χ4v) is 5.07. The number of rotatable bonds is 9. The Balaban J connectivity index is 0.00000385. The van der Waals surface area contributed by atoms with Crippen LogP contribution in [0.15, 0.2) is 70.0 Å². The van der Waals surface area contributed by atoms with Crippen molar-refractivity contribution in [1.29, 1.82) is 0 Å². The molecule has 0 aliphatic rings. The van der Waals surface area contributed by atoms with E-state index in [2.05, 4.69) is 42.6 Å². The van der Waals surface area contributed by atoms with Crippen LogP contribution in [0.4, 0.5) is 11.4 Å². The summed E-state index contributed by atoms with van der Waals surface area (Å²) in [6.07, 6.45) is 0. The van der Waals surface area contributed by atoms with Gasteiger partial charge >= 0.3 is 210 Å². The number of nitrogens with one attached hydrogen (secondary N) is 1. The third-order valence-corrected chi connectivity index (χ3v) is 7.17. The van der Waals surface area contributed by atoms with Crippen LogP contribution in [0.2, 0.25) is 5.02 Å². The van der Waals surface area contributed by atoms with Crippen molar-refractivity contribution >= 4 is 53.5 Å². The number of ether oxygens (including phenoxy) is 2. The Bertz CT molecular complexity index is 1220. The van der Waals surface area contributed by atoms with E-state index in [9.17, 15) is 8.42 Å². The van der Waals surface area contributed by atoms with E-state index in [0.717, 1.165) is 10.2 Å². The predicted octanol–water partition coefficient (Wildman–Crippen LogP) is 5.35. The Morgan fingerprint density at radius 2 is 1.76 bits per heavy atom. The minimum absolute atomic E-state index is 0. The van der Waals surface area contributed by atoms with Crippen LogP contribution in [-0.2, 0) is 25.3 Å². The maximum absolute atomic E-state index is 13.6. The molecule has 0 aliphatic heterocycles. The molecular weight excluding hydrogens is 575 g/mol. The average Bonchev–Trinajstić information content (AvgIpc) is 2.78. The van der Waals surface area contributed by atoms with Gasteiger partial charge in [-0.2, -0.15) is 0 Å². The Morgan fingerprint density at radius 3 is 2.36 bits per heavy atom. The van der Waals surface area contributed by atoms with Gasteiger partial charge in [0.2, 0.25) is 0 Å². The van der Waals surface area contributed by atoms with Gasteiger partial charge in [-0.15, -0.1) is 0 Å². The Labute approximate surface area is 216 Å². The molecule has 0 fully saturated rings. The zero-order valence-electron chi connectivity index (χ0n) is 18.1. The molecule has 10 heteroatoms. The fraction of sp³-hybridized carbons (Fsp3) is 0.130. The Morgan fingerprint density at radius 1 is 1.09 bits per heavy atom. The second-order valence-corrected chi connectivity index (χ2v) is 10.3. The van der Waals surface area contributed by atoms with Gasteiger partial charge in [0.15, 0.2) is 0 Å². The molecule has 3 aromatic rings. The van der Waals surface area contributed by atoms with E-state index in [-0.39, 0.29) is 24.6 Å². The van der Waals surface area contributed by atoms with Crippen molar-refractivity contribution in [2.24, 2.45) is 0 Å². The van der Waals surface area contributed by atoms with Gasteiger partial charge in [0.1, 0.15) is 0 Å². The van der Waals surface area contributed by atoms with Crippen LogP contribution in [0.3, 0.4) is 0 Å². The first kappa shape index (κ1) is 27.2. The first-order valence-corrected chi connectivity index (χ1v) is 12.3. The van der Waals surface area contributed by atoms with Crippen LogP contribution < -0.4 is 19.1 Å². The summed E-state index contributed by atoms with van der Waals surface area (Å²) in [6.45, 7) is -0.0798. The minimum Gasteiger partial charge on any atom is -0.358 e. The van der Waals surface area contributed by atoms with Crippen molar-refractivity contribution in [1.82, 2.24) is 0 Å². The van der Waals surface area contributed by atoms with Gasteiger partial charge < -0.3 is 7.43 Å². The summed E-state index contributed by atoms with van der Waals surface area (Å²) in [5, 5.41) is 3.49. The summed E-state index contributed by atoms with van der Waals surface area (Å²) in [6, 6.07) is 19.5. The smallest absolute Gasteiger partial charge is 0.358 e. The summed E-state index contributed by atoms with van der Waals surface area (Å²) in [4.78, 5) is 0.0208. The van der Waals surface area contributed by atoms with Crippen molar-refractivity contribution < 1.29 is 33.2 Å². The molecule has 0 aromatic heterocycles. The first-order valence-electron chi connectivity index (χ1n) is 9.18. The SMILES string of the molecule is COc1ccc(S(=O)(=O)N(C[C](=[Co])Nc2ccc(Br)cc2)c2[c-]ccc(Cl)c2)cc1OC.[CH3-]. The molecule has 0 saturated carbocycles. The molecule has 1 N–H and O–H groups in total. The average molecular weight is 597 g/mol. The van der Waals surface area contributed by atoms with E-state index in [1.165, 1.54) is 42.8 Å². The normalized spacial score (nSPS) is 10.7. The first-order chi connectivity index (χ1) is 15.2. The second-order valence-electron chi connectivity index (χ2n) is 6.43. The molecule has 0 unspecified atom stereocenters. The number of benzene rings is 3. The summed E-state index contributed by atoms with van der Waals surface area (Å²) in [7, 11) is -1.11. The standard InChI is InChI=1S/C22H19BrClN2O4S.CH3.Co/c1-29-21-11-10-20(15-22(21)30-2)31(27,28)26(19-5-3-4-17(24)14-19)13-12-25-18-8-6-16(23)7-9-18;;/h3-4,6-11,14-15,25H,13H2,1-2H3;1H3;/q2*-1;. The van der Waals surface area contributed by atoms with E-state index in [1.807, 2.05) is 24.3 Å². The maximum Gasteiger partial charge on any atom is -0.358 e. The van der Waals surface area contributed by atoms with E-state index in [0.29, 0.717) is 21.1 Å². The van der Waals surface area contributed by atoms with Gasteiger partial charge in [0.05, 0.1) is 0 Å². The fourth-order valence-electron chi connectivity index (χ4n) is 2.82. The third kappa shape index (κ3) is 6.74. The van der Waals surface area contributed by atoms with Crippen LogP contribution in [0.25, 0.3) is 0 Å². The molecule has 6 nitrogen and oxygen atoms in total. The van der Waals surface area contributed by atoms with Gasteiger partial charge in [-0.3, -0.25) is 0 Å². The molecule has 0 heterocycles. The molecular formula is C23H22BrClCoN2O4S-2. The zero-order valence-corrected chi connectivity index (χ0v) is 22.3.